The van der Waals surface area contributed by atoms with Crippen LogP contribution in [0.1, 0.15) is 65.2 Å². The van der Waals surface area contributed by atoms with Gasteiger partial charge in [0.2, 0.25) is 0 Å². The molecule has 0 spiro atoms. The lowest BCUT2D eigenvalue weighted by atomic mass is 10.1. The van der Waals surface area contributed by atoms with Gasteiger partial charge in [-0.25, -0.2) is 0 Å². The van der Waals surface area contributed by atoms with E-state index in [1.807, 2.05) is 0 Å². The van der Waals surface area contributed by atoms with Crippen molar-refractivity contribution >= 4 is 10.1 Å². The molecule has 4 heteroatoms. The predicted molar refractivity (Wildman–Crippen MR) is 68.0 cm³/mol. The normalized spacial score (nSPS) is 13.9. The van der Waals surface area contributed by atoms with Crippen molar-refractivity contribution in [1.29, 1.82) is 0 Å². The second-order valence-electron chi connectivity index (χ2n) is 4.41. The number of hydrogen-bond acceptors (Lipinski definition) is 3. The summed E-state index contributed by atoms with van der Waals surface area (Å²) in [6.07, 6.45) is 9.69. The summed E-state index contributed by atoms with van der Waals surface area (Å²) in [5.41, 5.74) is 0. The van der Waals surface area contributed by atoms with Crippen molar-refractivity contribution in [3.63, 3.8) is 0 Å². The van der Waals surface area contributed by atoms with Crippen LogP contribution in [-0.4, -0.2) is 20.8 Å². The van der Waals surface area contributed by atoms with E-state index in [2.05, 4.69) is 13.8 Å². The second-order valence-corrected chi connectivity index (χ2v) is 6.01. The lowest BCUT2D eigenvalue weighted by Crippen LogP contribution is -2.17. The molecule has 0 aromatic heterocycles. The Hall–Kier alpha value is -0.0900. The lowest BCUT2D eigenvalue weighted by molar-refractivity contribution is 0.185. The first-order valence-corrected chi connectivity index (χ1v) is 8.19. The van der Waals surface area contributed by atoms with Crippen molar-refractivity contribution in [3.8, 4) is 0 Å². The zero-order chi connectivity index (χ0) is 12.4. The van der Waals surface area contributed by atoms with Crippen molar-refractivity contribution < 1.29 is 12.6 Å². The van der Waals surface area contributed by atoms with E-state index in [1.165, 1.54) is 25.7 Å². The maximum atomic E-state index is 11.0. The Labute approximate surface area is 101 Å². The molecule has 0 aliphatic heterocycles. The summed E-state index contributed by atoms with van der Waals surface area (Å²) in [5.74, 6) is 0. The van der Waals surface area contributed by atoms with E-state index >= 15 is 0 Å². The fourth-order valence-corrected chi connectivity index (χ4v) is 2.47. The average Bonchev–Trinajstić information content (AvgIpc) is 2.15. The Bertz CT molecular complexity index is 247. The van der Waals surface area contributed by atoms with Crippen molar-refractivity contribution in [2.75, 3.05) is 6.26 Å². The Balaban J connectivity index is 3.77. The Morgan fingerprint density at radius 2 is 1.56 bits per heavy atom. The highest BCUT2D eigenvalue weighted by molar-refractivity contribution is 7.86. The van der Waals surface area contributed by atoms with Gasteiger partial charge in [0.1, 0.15) is 0 Å². The molecule has 0 aromatic rings. The zero-order valence-electron chi connectivity index (χ0n) is 10.9. The molecule has 16 heavy (non-hydrogen) atoms. The summed E-state index contributed by atoms with van der Waals surface area (Å²) < 4.78 is 27.1. The third-order valence-corrected chi connectivity index (χ3v) is 3.17. The van der Waals surface area contributed by atoms with Gasteiger partial charge in [-0.2, -0.15) is 8.42 Å². The third kappa shape index (κ3) is 10.4. The van der Waals surface area contributed by atoms with Crippen LogP contribution in [0.5, 0.6) is 0 Å². The summed E-state index contributed by atoms with van der Waals surface area (Å²) in [4.78, 5) is 0. The molecule has 0 aliphatic carbocycles. The van der Waals surface area contributed by atoms with Gasteiger partial charge in [-0.3, -0.25) is 4.18 Å². The van der Waals surface area contributed by atoms with Gasteiger partial charge in [-0.1, -0.05) is 52.4 Å². The summed E-state index contributed by atoms with van der Waals surface area (Å²) in [6, 6.07) is 0. The van der Waals surface area contributed by atoms with Gasteiger partial charge in [0.15, 0.2) is 0 Å². The maximum Gasteiger partial charge on any atom is 0.264 e. The van der Waals surface area contributed by atoms with Crippen LogP contribution in [0.2, 0.25) is 0 Å². The molecule has 0 fully saturated rings. The number of hydrogen-bond donors (Lipinski definition) is 0. The van der Waals surface area contributed by atoms with E-state index < -0.39 is 10.1 Å². The number of unbranched alkanes of at least 4 members (excludes halogenated alkanes) is 4. The van der Waals surface area contributed by atoms with Gasteiger partial charge in [0.25, 0.3) is 10.1 Å². The third-order valence-electron chi connectivity index (χ3n) is 2.55. The molecule has 1 atom stereocenters. The van der Waals surface area contributed by atoms with Crippen molar-refractivity contribution in [2.45, 2.75) is 71.3 Å². The molecule has 0 radical (unpaired) electrons. The highest BCUT2D eigenvalue weighted by Crippen LogP contribution is 2.15. The monoisotopic (exact) mass is 250 g/mol. The van der Waals surface area contributed by atoms with Gasteiger partial charge in [-0.15, -0.1) is 0 Å². The Kier molecular flexibility index (Phi) is 8.94. The highest BCUT2D eigenvalue weighted by atomic mass is 32.2. The SMILES string of the molecule is CCCCCCC[C@@H](CCC)OS(C)(=O)=O. The van der Waals surface area contributed by atoms with Gasteiger partial charge in [0.05, 0.1) is 12.4 Å². The van der Waals surface area contributed by atoms with Gasteiger partial charge < -0.3 is 0 Å². The van der Waals surface area contributed by atoms with E-state index in [9.17, 15) is 8.42 Å². The van der Waals surface area contributed by atoms with Crippen molar-refractivity contribution in [2.24, 2.45) is 0 Å². The van der Waals surface area contributed by atoms with Crippen molar-refractivity contribution in [1.82, 2.24) is 0 Å². The molecule has 98 valence electrons. The topological polar surface area (TPSA) is 43.4 Å². The van der Waals surface area contributed by atoms with E-state index in [4.69, 9.17) is 4.18 Å². The number of rotatable bonds is 10. The van der Waals surface area contributed by atoms with Gasteiger partial charge in [-0.05, 0) is 12.8 Å². The lowest BCUT2D eigenvalue weighted by Gasteiger charge is -2.15. The van der Waals surface area contributed by atoms with Gasteiger partial charge in [0, 0.05) is 0 Å². The minimum atomic E-state index is -3.29. The van der Waals surface area contributed by atoms with Crippen LogP contribution in [0.25, 0.3) is 0 Å². The highest BCUT2D eigenvalue weighted by Gasteiger charge is 2.13. The average molecular weight is 250 g/mol. The Morgan fingerprint density at radius 3 is 2.06 bits per heavy atom. The summed E-state index contributed by atoms with van der Waals surface area (Å²) >= 11 is 0. The standard InChI is InChI=1S/C12H26O3S/c1-4-6-7-8-9-11-12(10-5-2)15-16(3,13)14/h12H,4-11H2,1-3H3/t12-/m1/s1. The Morgan fingerprint density at radius 1 is 0.938 bits per heavy atom. The molecule has 0 N–H and O–H groups in total. The van der Waals surface area contributed by atoms with E-state index in [1.54, 1.807) is 0 Å². The quantitative estimate of drug-likeness (QED) is 0.440. The fraction of sp³-hybridized carbons (Fsp3) is 1.00. The predicted octanol–water partition coefficient (Wildman–Crippen LogP) is 3.49. The van der Waals surface area contributed by atoms with Crippen LogP contribution in [0, 0.1) is 0 Å². The summed E-state index contributed by atoms with van der Waals surface area (Å²) in [6.45, 7) is 4.24. The largest absolute Gasteiger partial charge is 0.267 e. The van der Waals surface area contributed by atoms with Crippen molar-refractivity contribution in [3.05, 3.63) is 0 Å². The summed E-state index contributed by atoms with van der Waals surface area (Å²) in [5, 5.41) is 0. The minimum Gasteiger partial charge on any atom is -0.267 e. The second kappa shape index (κ2) is 8.99. The van der Waals surface area contributed by atoms with Crippen LogP contribution in [0.4, 0.5) is 0 Å². The first-order valence-electron chi connectivity index (χ1n) is 6.37. The molecule has 0 rings (SSSR count). The van der Waals surface area contributed by atoms with Crippen LogP contribution in [0.15, 0.2) is 0 Å². The molecular formula is C12H26O3S. The van der Waals surface area contributed by atoms with Crippen LogP contribution in [-0.2, 0) is 14.3 Å². The molecule has 0 saturated heterocycles. The van der Waals surface area contributed by atoms with Crippen LogP contribution < -0.4 is 0 Å². The minimum absolute atomic E-state index is 0.110. The molecule has 0 aromatic carbocycles. The molecule has 0 unspecified atom stereocenters. The maximum absolute atomic E-state index is 11.0. The smallest absolute Gasteiger partial charge is 0.264 e. The molecule has 0 amide bonds. The first-order chi connectivity index (χ1) is 7.49. The van der Waals surface area contributed by atoms with E-state index in [0.29, 0.717) is 0 Å². The molecular weight excluding hydrogens is 224 g/mol. The molecule has 0 heterocycles. The molecule has 0 bridgehead atoms. The van der Waals surface area contributed by atoms with E-state index in [0.717, 1.165) is 31.9 Å². The molecule has 0 saturated carbocycles. The molecule has 0 aliphatic rings. The summed E-state index contributed by atoms with van der Waals surface area (Å²) in [7, 11) is -3.29. The van der Waals surface area contributed by atoms with Crippen LogP contribution >= 0.6 is 0 Å². The fourth-order valence-electron chi connectivity index (χ4n) is 1.79. The molecule has 3 nitrogen and oxygen atoms in total. The van der Waals surface area contributed by atoms with Gasteiger partial charge >= 0.3 is 0 Å². The van der Waals surface area contributed by atoms with E-state index in [-0.39, 0.29) is 6.10 Å². The van der Waals surface area contributed by atoms with Crippen LogP contribution in [0.3, 0.4) is 0 Å². The zero-order valence-corrected chi connectivity index (χ0v) is 11.7. The first kappa shape index (κ1) is 15.9.